The third-order valence-corrected chi connectivity index (χ3v) is 3.97. The monoisotopic (exact) mass is 206 g/mol. The second-order valence-corrected chi connectivity index (χ2v) is 6.25. The minimum atomic E-state index is -3.66. The van der Waals surface area contributed by atoms with Gasteiger partial charge in [-0.05, 0) is 20.8 Å². The molecule has 0 spiro atoms. The SMILES string of the molecule is C=C(C(=O)OC)S(=O)(=O)C(C)(C)C. The number of esters is 1. The van der Waals surface area contributed by atoms with E-state index in [1.807, 2.05) is 0 Å². The lowest BCUT2D eigenvalue weighted by molar-refractivity contribution is -0.135. The molecule has 0 heterocycles. The van der Waals surface area contributed by atoms with Gasteiger partial charge in [0.25, 0.3) is 0 Å². The predicted molar refractivity (Wildman–Crippen MR) is 49.8 cm³/mol. The third kappa shape index (κ3) is 2.30. The lowest BCUT2D eigenvalue weighted by Crippen LogP contribution is -2.31. The Balaban J connectivity index is 5.12. The molecular weight excluding hydrogens is 192 g/mol. The highest BCUT2D eigenvalue weighted by molar-refractivity contribution is 7.97. The molecule has 4 nitrogen and oxygen atoms in total. The summed E-state index contributed by atoms with van der Waals surface area (Å²) in [7, 11) is -2.54. The van der Waals surface area contributed by atoms with Crippen molar-refractivity contribution in [2.24, 2.45) is 0 Å². The van der Waals surface area contributed by atoms with E-state index in [4.69, 9.17) is 0 Å². The molecule has 0 aromatic rings. The number of carbonyl (C=O) groups excluding carboxylic acids is 1. The Bertz CT molecular complexity index is 319. The summed E-state index contributed by atoms with van der Waals surface area (Å²) < 4.78 is 26.4. The summed E-state index contributed by atoms with van der Waals surface area (Å²) in [6, 6.07) is 0. The number of hydrogen-bond acceptors (Lipinski definition) is 4. The Morgan fingerprint density at radius 2 is 1.69 bits per heavy atom. The van der Waals surface area contributed by atoms with Crippen LogP contribution in [-0.2, 0) is 19.4 Å². The highest BCUT2D eigenvalue weighted by Crippen LogP contribution is 2.22. The average Bonchev–Trinajstić information content (AvgIpc) is 1.99. The summed E-state index contributed by atoms with van der Waals surface area (Å²) >= 11 is 0. The fourth-order valence-electron chi connectivity index (χ4n) is 0.593. The third-order valence-electron chi connectivity index (χ3n) is 1.54. The van der Waals surface area contributed by atoms with Gasteiger partial charge in [-0.15, -0.1) is 0 Å². The number of ether oxygens (including phenoxy) is 1. The average molecular weight is 206 g/mol. The Morgan fingerprint density at radius 3 is 1.92 bits per heavy atom. The lowest BCUT2D eigenvalue weighted by Gasteiger charge is -2.19. The molecular formula is C8H14O4S. The van der Waals surface area contributed by atoms with Crippen LogP contribution in [0.15, 0.2) is 11.5 Å². The molecule has 0 radical (unpaired) electrons. The molecule has 0 rings (SSSR count). The van der Waals surface area contributed by atoms with Gasteiger partial charge in [-0.25, -0.2) is 13.2 Å². The van der Waals surface area contributed by atoms with Crippen molar-refractivity contribution >= 4 is 15.8 Å². The second kappa shape index (κ2) is 3.49. The Hall–Kier alpha value is -0.840. The van der Waals surface area contributed by atoms with Gasteiger partial charge in [0.2, 0.25) is 0 Å². The molecule has 0 saturated carbocycles. The van der Waals surface area contributed by atoms with E-state index in [0.717, 1.165) is 7.11 Å². The minimum Gasteiger partial charge on any atom is -0.465 e. The first kappa shape index (κ1) is 12.2. The van der Waals surface area contributed by atoms with Crippen molar-refractivity contribution in [3.05, 3.63) is 11.5 Å². The fraction of sp³-hybridized carbons (Fsp3) is 0.625. The van der Waals surface area contributed by atoms with Gasteiger partial charge < -0.3 is 4.74 Å². The van der Waals surface area contributed by atoms with Crippen LogP contribution in [0.5, 0.6) is 0 Å². The molecule has 0 aromatic carbocycles. The maximum Gasteiger partial charge on any atom is 0.348 e. The van der Waals surface area contributed by atoms with Crippen molar-refractivity contribution in [3.63, 3.8) is 0 Å². The molecule has 0 aliphatic rings. The number of carbonyl (C=O) groups is 1. The Labute approximate surface area is 78.5 Å². The Morgan fingerprint density at radius 1 is 1.31 bits per heavy atom. The van der Waals surface area contributed by atoms with Crippen molar-refractivity contribution < 1.29 is 17.9 Å². The fourth-order valence-corrected chi connectivity index (χ4v) is 1.64. The van der Waals surface area contributed by atoms with Crippen LogP contribution in [0.1, 0.15) is 20.8 Å². The minimum absolute atomic E-state index is 0.498. The van der Waals surface area contributed by atoms with Gasteiger partial charge in [-0.3, -0.25) is 0 Å². The summed E-state index contributed by atoms with van der Waals surface area (Å²) in [5.41, 5.74) is 0. The molecule has 0 N–H and O–H groups in total. The molecule has 0 amide bonds. The van der Waals surface area contributed by atoms with Crippen molar-refractivity contribution in [2.75, 3.05) is 7.11 Å². The van der Waals surface area contributed by atoms with Crippen LogP contribution in [0.25, 0.3) is 0 Å². The smallest absolute Gasteiger partial charge is 0.348 e. The molecule has 0 fully saturated rings. The van der Waals surface area contributed by atoms with E-state index in [0.29, 0.717) is 0 Å². The van der Waals surface area contributed by atoms with Crippen LogP contribution in [0.3, 0.4) is 0 Å². The van der Waals surface area contributed by atoms with Crippen LogP contribution >= 0.6 is 0 Å². The number of hydrogen-bond donors (Lipinski definition) is 0. The van der Waals surface area contributed by atoms with Crippen LogP contribution < -0.4 is 0 Å². The van der Waals surface area contributed by atoms with Crippen LogP contribution in [0.2, 0.25) is 0 Å². The summed E-state index contributed by atoms with van der Waals surface area (Å²) in [6.45, 7) is 7.69. The summed E-state index contributed by atoms with van der Waals surface area (Å²) in [6.07, 6.45) is 0. The zero-order valence-electron chi connectivity index (χ0n) is 8.25. The zero-order chi connectivity index (χ0) is 10.9. The number of sulfone groups is 1. The highest BCUT2D eigenvalue weighted by atomic mass is 32.2. The van der Waals surface area contributed by atoms with Crippen molar-refractivity contribution in [1.29, 1.82) is 0 Å². The molecule has 0 unspecified atom stereocenters. The van der Waals surface area contributed by atoms with Crippen molar-refractivity contribution in [1.82, 2.24) is 0 Å². The van der Waals surface area contributed by atoms with Gasteiger partial charge in [0.15, 0.2) is 9.84 Å². The van der Waals surface area contributed by atoms with Gasteiger partial charge in [-0.2, -0.15) is 0 Å². The van der Waals surface area contributed by atoms with Crippen LogP contribution in [-0.4, -0.2) is 26.2 Å². The molecule has 0 bridgehead atoms. The maximum absolute atomic E-state index is 11.6. The van der Waals surface area contributed by atoms with Crippen LogP contribution in [0, 0.1) is 0 Å². The van der Waals surface area contributed by atoms with Gasteiger partial charge in [-0.1, -0.05) is 6.58 Å². The first-order chi connectivity index (χ1) is 5.64. The molecule has 0 atom stereocenters. The number of methoxy groups -OCH3 is 1. The summed E-state index contributed by atoms with van der Waals surface area (Å²) in [5, 5.41) is 0. The van der Waals surface area contributed by atoms with E-state index in [9.17, 15) is 13.2 Å². The Kier molecular flexibility index (Phi) is 3.27. The standard InChI is InChI=1S/C8H14O4S/c1-6(7(9)12-5)13(10,11)8(2,3)4/h1H2,2-5H3. The molecule has 0 aliphatic heterocycles. The zero-order valence-corrected chi connectivity index (χ0v) is 9.06. The molecule has 76 valence electrons. The largest absolute Gasteiger partial charge is 0.465 e. The molecule has 0 saturated heterocycles. The lowest BCUT2D eigenvalue weighted by atomic mass is 10.3. The van der Waals surface area contributed by atoms with Gasteiger partial charge in [0.05, 0.1) is 11.9 Å². The summed E-state index contributed by atoms with van der Waals surface area (Å²) in [5.74, 6) is -0.907. The predicted octanol–water partition coefficient (Wildman–Crippen LogP) is 0.886. The van der Waals surface area contributed by atoms with E-state index in [1.165, 1.54) is 20.8 Å². The van der Waals surface area contributed by atoms with E-state index < -0.39 is 25.5 Å². The summed E-state index contributed by atoms with van der Waals surface area (Å²) in [4.78, 5) is 10.4. The van der Waals surface area contributed by atoms with E-state index >= 15 is 0 Å². The van der Waals surface area contributed by atoms with Gasteiger partial charge in [0, 0.05) is 0 Å². The van der Waals surface area contributed by atoms with E-state index in [-0.39, 0.29) is 0 Å². The topological polar surface area (TPSA) is 60.4 Å². The molecule has 13 heavy (non-hydrogen) atoms. The number of rotatable bonds is 2. The van der Waals surface area contributed by atoms with Crippen molar-refractivity contribution in [3.8, 4) is 0 Å². The van der Waals surface area contributed by atoms with Gasteiger partial charge >= 0.3 is 5.97 Å². The normalized spacial score (nSPS) is 12.3. The maximum atomic E-state index is 11.6. The van der Waals surface area contributed by atoms with Crippen molar-refractivity contribution in [2.45, 2.75) is 25.5 Å². The highest BCUT2D eigenvalue weighted by Gasteiger charge is 2.35. The second-order valence-electron chi connectivity index (χ2n) is 3.53. The van der Waals surface area contributed by atoms with Gasteiger partial charge in [0.1, 0.15) is 4.91 Å². The quantitative estimate of drug-likeness (QED) is 0.497. The molecule has 0 aromatic heterocycles. The van der Waals surface area contributed by atoms with E-state index in [1.54, 1.807) is 0 Å². The van der Waals surface area contributed by atoms with Crippen LogP contribution in [0.4, 0.5) is 0 Å². The molecule has 5 heteroatoms. The first-order valence-electron chi connectivity index (χ1n) is 3.66. The van der Waals surface area contributed by atoms with E-state index in [2.05, 4.69) is 11.3 Å². The first-order valence-corrected chi connectivity index (χ1v) is 5.14. The molecule has 0 aliphatic carbocycles.